The van der Waals surface area contributed by atoms with Crippen LogP contribution in [0.25, 0.3) is 0 Å². The number of carbonyl (C=O) groups excluding carboxylic acids is 2. The summed E-state index contributed by atoms with van der Waals surface area (Å²) < 4.78 is 0. The lowest BCUT2D eigenvalue weighted by Crippen LogP contribution is -2.39. The summed E-state index contributed by atoms with van der Waals surface area (Å²) >= 11 is 0. The molecule has 2 amide bonds. The molecule has 1 unspecified atom stereocenters. The van der Waals surface area contributed by atoms with E-state index in [0.29, 0.717) is 18.9 Å². The average molecular weight is 286 g/mol. The van der Waals surface area contributed by atoms with Crippen LogP contribution in [0.15, 0.2) is 24.3 Å². The molecule has 0 spiro atoms. The summed E-state index contributed by atoms with van der Waals surface area (Å²) in [6.45, 7) is 0. The number of anilines is 1. The van der Waals surface area contributed by atoms with Gasteiger partial charge in [-0.15, -0.1) is 0 Å². The van der Waals surface area contributed by atoms with Crippen LogP contribution >= 0.6 is 0 Å². The number of amides is 2. The quantitative estimate of drug-likeness (QED) is 0.840. The fourth-order valence-corrected chi connectivity index (χ4v) is 3.31. The first-order chi connectivity index (χ1) is 10.2. The van der Waals surface area contributed by atoms with Gasteiger partial charge in [0, 0.05) is 18.2 Å². The monoisotopic (exact) mass is 286 g/mol. The van der Waals surface area contributed by atoms with Gasteiger partial charge in [0.15, 0.2) is 0 Å². The molecular weight excluding hydrogens is 264 g/mol. The first-order valence-corrected chi connectivity index (χ1v) is 7.92. The highest BCUT2D eigenvalue weighted by atomic mass is 16.2. The van der Waals surface area contributed by atoms with Gasteiger partial charge in [-0.25, -0.2) is 0 Å². The maximum absolute atomic E-state index is 11.9. The van der Waals surface area contributed by atoms with Crippen LogP contribution in [0.1, 0.15) is 56.4 Å². The van der Waals surface area contributed by atoms with Gasteiger partial charge in [-0.05, 0) is 37.0 Å². The van der Waals surface area contributed by atoms with E-state index in [9.17, 15) is 9.59 Å². The average Bonchev–Trinajstić information content (AvgIpc) is 2.49. The predicted molar refractivity (Wildman–Crippen MR) is 82.1 cm³/mol. The summed E-state index contributed by atoms with van der Waals surface area (Å²) in [5.74, 6) is -0.516. The van der Waals surface area contributed by atoms with Gasteiger partial charge in [-0.3, -0.25) is 14.9 Å². The fraction of sp³-hybridized carbons (Fsp3) is 0.529. The lowest BCUT2D eigenvalue weighted by atomic mass is 9.90. The van der Waals surface area contributed by atoms with E-state index in [1.807, 2.05) is 24.3 Å². The Kier molecular flexibility index (Phi) is 4.23. The largest absolute Gasteiger partial charge is 0.382 e. The van der Waals surface area contributed by atoms with Gasteiger partial charge < -0.3 is 5.32 Å². The van der Waals surface area contributed by atoms with Crippen LogP contribution < -0.4 is 10.6 Å². The number of nitrogens with one attached hydrogen (secondary N) is 2. The molecule has 1 atom stereocenters. The lowest BCUT2D eigenvalue weighted by molar-refractivity contribution is -0.134. The molecule has 2 N–H and O–H groups in total. The Morgan fingerprint density at radius 3 is 2.33 bits per heavy atom. The Bertz CT molecular complexity index is 518. The van der Waals surface area contributed by atoms with Crippen molar-refractivity contribution in [1.82, 2.24) is 5.32 Å². The zero-order valence-corrected chi connectivity index (χ0v) is 12.2. The molecule has 2 fully saturated rings. The third kappa shape index (κ3) is 3.43. The molecule has 21 heavy (non-hydrogen) atoms. The molecule has 0 bridgehead atoms. The van der Waals surface area contributed by atoms with Crippen molar-refractivity contribution in [3.63, 3.8) is 0 Å². The van der Waals surface area contributed by atoms with E-state index in [0.717, 1.165) is 11.3 Å². The van der Waals surface area contributed by atoms with Gasteiger partial charge in [-0.2, -0.15) is 0 Å². The van der Waals surface area contributed by atoms with Crippen molar-refractivity contribution in [2.75, 3.05) is 5.32 Å². The molecule has 0 aromatic heterocycles. The zero-order valence-electron chi connectivity index (χ0n) is 12.2. The van der Waals surface area contributed by atoms with E-state index in [2.05, 4.69) is 10.6 Å². The molecular formula is C17H22N2O2. The number of carbonyl (C=O) groups is 2. The summed E-state index contributed by atoms with van der Waals surface area (Å²) in [5, 5.41) is 5.99. The van der Waals surface area contributed by atoms with Crippen LogP contribution in [-0.2, 0) is 9.59 Å². The Labute approximate surface area is 125 Å². The van der Waals surface area contributed by atoms with Crippen LogP contribution in [0.2, 0.25) is 0 Å². The third-order valence-corrected chi connectivity index (χ3v) is 4.53. The normalized spacial score (nSPS) is 23.7. The van der Waals surface area contributed by atoms with E-state index >= 15 is 0 Å². The molecule has 1 saturated carbocycles. The van der Waals surface area contributed by atoms with Crippen molar-refractivity contribution < 1.29 is 9.59 Å². The van der Waals surface area contributed by atoms with Gasteiger partial charge in [0.2, 0.25) is 11.8 Å². The van der Waals surface area contributed by atoms with Gasteiger partial charge >= 0.3 is 0 Å². The van der Waals surface area contributed by atoms with E-state index < -0.39 is 0 Å². The predicted octanol–water partition coefficient (Wildman–Crippen LogP) is 2.95. The molecule has 4 heteroatoms. The van der Waals surface area contributed by atoms with Gasteiger partial charge in [0.25, 0.3) is 0 Å². The molecule has 1 saturated heterocycles. The van der Waals surface area contributed by atoms with Crippen LogP contribution in [0, 0.1) is 0 Å². The van der Waals surface area contributed by atoms with Crippen molar-refractivity contribution in [3.8, 4) is 0 Å². The lowest BCUT2D eigenvalue weighted by Gasteiger charge is -2.24. The minimum atomic E-state index is -0.188. The highest BCUT2D eigenvalue weighted by Crippen LogP contribution is 2.27. The second-order valence-electron chi connectivity index (χ2n) is 6.10. The van der Waals surface area contributed by atoms with Crippen LogP contribution in [0.4, 0.5) is 5.69 Å². The maximum atomic E-state index is 11.9. The number of piperidine rings is 1. The summed E-state index contributed by atoms with van der Waals surface area (Å²) in [7, 11) is 0. The molecule has 3 rings (SSSR count). The van der Waals surface area contributed by atoms with Crippen molar-refractivity contribution in [2.24, 2.45) is 0 Å². The highest BCUT2D eigenvalue weighted by molar-refractivity contribution is 6.00. The van der Waals surface area contributed by atoms with Crippen LogP contribution in [-0.4, -0.2) is 17.9 Å². The zero-order chi connectivity index (χ0) is 14.7. The van der Waals surface area contributed by atoms with Gasteiger partial charge in [0.05, 0.1) is 5.92 Å². The van der Waals surface area contributed by atoms with E-state index in [-0.39, 0.29) is 17.7 Å². The first kappa shape index (κ1) is 14.1. The molecule has 1 heterocycles. The second-order valence-corrected chi connectivity index (χ2v) is 6.10. The van der Waals surface area contributed by atoms with Gasteiger partial charge in [0.1, 0.15) is 0 Å². The Morgan fingerprint density at radius 2 is 1.67 bits per heavy atom. The number of imide groups is 1. The number of benzene rings is 1. The number of rotatable bonds is 3. The maximum Gasteiger partial charge on any atom is 0.234 e. The topological polar surface area (TPSA) is 58.2 Å². The Hall–Kier alpha value is -1.84. The molecule has 112 valence electrons. The third-order valence-electron chi connectivity index (χ3n) is 4.53. The summed E-state index contributed by atoms with van der Waals surface area (Å²) in [5.41, 5.74) is 2.12. The molecule has 0 radical (unpaired) electrons. The molecule has 2 aliphatic rings. The molecule has 1 aliphatic heterocycles. The summed E-state index contributed by atoms with van der Waals surface area (Å²) in [6, 6.07) is 8.69. The van der Waals surface area contributed by atoms with E-state index in [1.54, 1.807) is 0 Å². The standard InChI is InChI=1S/C17H22N2O2/c20-16-11-10-15(17(21)19-16)12-6-8-14(9-7-12)18-13-4-2-1-3-5-13/h6-9,13,15,18H,1-5,10-11H2,(H,19,20,21). The SMILES string of the molecule is O=C1CCC(c2ccc(NC3CCCCC3)cc2)C(=O)N1. The second kappa shape index (κ2) is 6.29. The summed E-state index contributed by atoms with van der Waals surface area (Å²) in [6.07, 6.45) is 7.51. The fourth-order valence-electron chi connectivity index (χ4n) is 3.31. The Morgan fingerprint density at radius 1 is 0.952 bits per heavy atom. The minimum absolute atomic E-state index is 0.160. The van der Waals surface area contributed by atoms with Crippen molar-refractivity contribution in [1.29, 1.82) is 0 Å². The van der Waals surface area contributed by atoms with Crippen molar-refractivity contribution in [3.05, 3.63) is 29.8 Å². The number of hydrogen-bond donors (Lipinski definition) is 2. The highest BCUT2D eigenvalue weighted by Gasteiger charge is 2.27. The molecule has 4 nitrogen and oxygen atoms in total. The van der Waals surface area contributed by atoms with E-state index in [1.165, 1.54) is 32.1 Å². The van der Waals surface area contributed by atoms with Crippen LogP contribution in [0.3, 0.4) is 0 Å². The number of hydrogen-bond acceptors (Lipinski definition) is 3. The molecule has 1 aromatic rings. The van der Waals surface area contributed by atoms with Crippen molar-refractivity contribution in [2.45, 2.75) is 56.9 Å². The first-order valence-electron chi connectivity index (χ1n) is 7.92. The minimum Gasteiger partial charge on any atom is -0.382 e. The van der Waals surface area contributed by atoms with Crippen LogP contribution in [0.5, 0.6) is 0 Å². The van der Waals surface area contributed by atoms with Crippen molar-refractivity contribution >= 4 is 17.5 Å². The Balaban J connectivity index is 1.63. The smallest absolute Gasteiger partial charge is 0.234 e. The summed E-state index contributed by atoms with van der Waals surface area (Å²) in [4.78, 5) is 23.0. The molecule has 1 aromatic carbocycles. The molecule has 1 aliphatic carbocycles. The van der Waals surface area contributed by atoms with Gasteiger partial charge in [-0.1, -0.05) is 31.4 Å². The van der Waals surface area contributed by atoms with E-state index in [4.69, 9.17) is 0 Å².